The number of carboxylic acid groups (broad SMARTS) is 1. The van der Waals surface area contributed by atoms with Gasteiger partial charge in [-0.25, -0.2) is 8.78 Å². The van der Waals surface area contributed by atoms with Gasteiger partial charge in [0.1, 0.15) is 0 Å². The van der Waals surface area contributed by atoms with E-state index in [0.717, 1.165) is 0 Å². The Kier molecular flexibility index (Phi) is 6.09. The summed E-state index contributed by atoms with van der Waals surface area (Å²) < 4.78 is 25.2. The lowest BCUT2D eigenvalue weighted by molar-refractivity contribution is -0.137. The van der Waals surface area contributed by atoms with Crippen LogP contribution in [0.15, 0.2) is 24.3 Å². The van der Waals surface area contributed by atoms with Gasteiger partial charge in [0.05, 0.1) is 0 Å². The molecule has 0 bridgehead atoms. The summed E-state index contributed by atoms with van der Waals surface area (Å²) in [7, 11) is 0. The highest BCUT2D eigenvalue weighted by molar-refractivity contribution is 5.73. The Morgan fingerprint density at radius 2 is 2.05 bits per heavy atom. The fourth-order valence-electron chi connectivity index (χ4n) is 1.95. The summed E-state index contributed by atoms with van der Waals surface area (Å²) in [6, 6.07) is 5.54. The molecule has 0 aromatic heterocycles. The van der Waals surface area contributed by atoms with Crippen LogP contribution >= 0.6 is 0 Å². The summed E-state index contributed by atoms with van der Waals surface area (Å²) in [5.41, 5.74) is 0.564. The first kappa shape index (κ1) is 16.1. The predicted molar refractivity (Wildman–Crippen MR) is 69.6 cm³/mol. The SMILES string of the molecule is CC(=O)NC(CCC(=O)O)Cc1cccc(C(F)F)c1. The average molecular weight is 285 g/mol. The van der Waals surface area contributed by atoms with Gasteiger partial charge in [-0.15, -0.1) is 0 Å². The maximum absolute atomic E-state index is 12.6. The van der Waals surface area contributed by atoms with Gasteiger partial charge in [0.2, 0.25) is 5.91 Å². The van der Waals surface area contributed by atoms with Gasteiger partial charge in [-0.2, -0.15) is 0 Å². The van der Waals surface area contributed by atoms with Crippen molar-refractivity contribution < 1.29 is 23.5 Å². The minimum Gasteiger partial charge on any atom is -0.481 e. The number of rotatable bonds is 7. The van der Waals surface area contributed by atoms with E-state index in [1.807, 2.05) is 0 Å². The topological polar surface area (TPSA) is 66.4 Å². The molecule has 1 aromatic rings. The second-order valence-electron chi connectivity index (χ2n) is 4.58. The van der Waals surface area contributed by atoms with E-state index in [4.69, 9.17) is 5.11 Å². The third-order valence-electron chi connectivity index (χ3n) is 2.80. The van der Waals surface area contributed by atoms with Crippen LogP contribution in [-0.2, 0) is 16.0 Å². The van der Waals surface area contributed by atoms with Crippen LogP contribution < -0.4 is 5.32 Å². The van der Waals surface area contributed by atoms with E-state index in [1.165, 1.54) is 25.1 Å². The summed E-state index contributed by atoms with van der Waals surface area (Å²) in [6.07, 6.45) is -2.05. The van der Waals surface area contributed by atoms with Crippen molar-refractivity contribution in [2.75, 3.05) is 0 Å². The molecule has 2 N–H and O–H groups in total. The van der Waals surface area contributed by atoms with E-state index < -0.39 is 12.4 Å². The maximum atomic E-state index is 12.6. The van der Waals surface area contributed by atoms with Crippen LogP contribution in [-0.4, -0.2) is 23.0 Å². The van der Waals surface area contributed by atoms with Crippen LogP contribution in [0.2, 0.25) is 0 Å². The number of alkyl halides is 2. The number of carboxylic acids is 1. The molecule has 1 aromatic carbocycles. The maximum Gasteiger partial charge on any atom is 0.303 e. The first-order valence-corrected chi connectivity index (χ1v) is 6.24. The third-order valence-corrected chi connectivity index (χ3v) is 2.80. The molecule has 0 saturated carbocycles. The molecule has 4 nitrogen and oxygen atoms in total. The molecule has 0 aliphatic carbocycles. The molecule has 0 fully saturated rings. The fraction of sp³-hybridized carbons (Fsp3) is 0.429. The largest absolute Gasteiger partial charge is 0.481 e. The molecule has 0 heterocycles. The molecule has 6 heteroatoms. The van der Waals surface area contributed by atoms with Gasteiger partial charge in [-0.1, -0.05) is 24.3 Å². The Morgan fingerprint density at radius 1 is 1.35 bits per heavy atom. The van der Waals surface area contributed by atoms with E-state index in [2.05, 4.69) is 5.32 Å². The van der Waals surface area contributed by atoms with Crippen LogP contribution in [0.25, 0.3) is 0 Å². The third kappa shape index (κ3) is 5.77. The number of carbonyl (C=O) groups is 2. The van der Waals surface area contributed by atoms with Gasteiger partial charge in [-0.3, -0.25) is 9.59 Å². The Labute approximate surface area is 115 Å². The Hall–Kier alpha value is -1.98. The predicted octanol–water partition coefficient (Wildman–Crippen LogP) is 2.54. The van der Waals surface area contributed by atoms with E-state index in [1.54, 1.807) is 6.07 Å². The zero-order valence-corrected chi connectivity index (χ0v) is 11.1. The molecule has 0 aliphatic heterocycles. The summed E-state index contributed by atoms with van der Waals surface area (Å²) >= 11 is 0. The van der Waals surface area contributed by atoms with E-state index >= 15 is 0 Å². The van der Waals surface area contributed by atoms with Crippen molar-refractivity contribution in [2.24, 2.45) is 0 Å². The lowest BCUT2D eigenvalue weighted by Gasteiger charge is -2.17. The van der Waals surface area contributed by atoms with Crippen molar-refractivity contribution in [1.82, 2.24) is 5.32 Å². The first-order valence-electron chi connectivity index (χ1n) is 6.24. The van der Waals surface area contributed by atoms with Gasteiger partial charge < -0.3 is 10.4 Å². The minimum absolute atomic E-state index is 0.0812. The second-order valence-corrected chi connectivity index (χ2v) is 4.58. The molecule has 1 rings (SSSR count). The van der Waals surface area contributed by atoms with Crippen LogP contribution in [0.3, 0.4) is 0 Å². The average Bonchev–Trinajstić information content (AvgIpc) is 2.35. The van der Waals surface area contributed by atoms with Crippen molar-refractivity contribution in [1.29, 1.82) is 0 Å². The molecule has 110 valence electrons. The minimum atomic E-state index is -2.55. The van der Waals surface area contributed by atoms with Crippen LogP contribution in [0, 0.1) is 0 Å². The van der Waals surface area contributed by atoms with Gasteiger partial charge in [0, 0.05) is 24.9 Å². The van der Waals surface area contributed by atoms with Crippen molar-refractivity contribution in [3.05, 3.63) is 35.4 Å². The lowest BCUT2D eigenvalue weighted by atomic mass is 10.00. The van der Waals surface area contributed by atoms with Crippen molar-refractivity contribution >= 4 is 11.9 Å². The number of hydrogen-bond acceptors (Lipinski definition) is 2. The summed E-state index contributed by atoms with van der Waals surface area (Å²) in [5.74, 6) is -1.23. The van der Waals surface area contributed by atoms with Crippen molar-refractivity contribution in [3.63, 3.8) is 0 Å². The molecule has 0 saturated heterocycles. The quantitative estimate of drug-likeness (QED) is 0.809. The zero-order valence-electron chi connectivity index (χ0n) is 11.1. The number of amides is 1. The standard InChI is InChI=1S/C14H17F2NO3/c1-9(18)17-12(5-6-13(19)20)8-10-3-2-4-11(7-10)14(15)16/h2-4,7,12,14H,5-6,8H2,1H3,(H,17,18)(H,19,20). The molecule has 1 amide bonds. The zero-order chi connectivity index (χ0) is 15.1. The number of halogens is 2. The molecular weight excluding hydrogens is 268 g/mol. The van der Waals surface area contributed by atoms with E-state index in [9.17, 15) is 18.4 Å². The lowest BCUT2D eigenvalue weighted by Crippen LogP contribution is -2.35. The molecular formula is C14H17F2NO3. The highest BCUT2D eigenvalue weighted by atomic mass is 19.3. The number of aliphatic carboxylic acids is 1. The highest BCUT2D eigenvalue weighted by Gasteiger charge is 2.14. The van der Waals surface area contributed by atoms with Crippen LogP contribution in [0.4, 0.5) is 8.78 Å². The molecule has 20 heavy (non-hydrogen) atoms. The fourth-order valence-corrected chi connectivity index (χ4v) is 1.95. The van der Waals surface area contributed by atoms with Crippen molar-refractivity contribution in [2.45, 2.75) is 38.7 Å². The Morgan fingerprint density at radius 3 is 2.60 bits per heavy atom. The summed E-state index contributed by atoms with van der Waals surface area (Å²) in [6.45, 7) is 1.34. The number of nitrogens with one attached hydrogen (secondary N) is 1. The number of carbonyl (C=O) groups excluding carboxylic acids is 1. The summed E-state index contributed by atoms with van der Waals surface area (Å²) in [4.78, 5) is 21.7. The highest BCUT2D eigenvalue weighted by Crippen LogP contribution is 2.20. The molecule has 0 radical (unpaired) electrons. The number of hydrogen-bond donors (Lipinski definition) is 2. The van der Waals surface area contributed by atoms with E-state index in [-0.39, 0.29) is 30.4 Å². The second kappa shape index (κ2) is 7.57. The van der Waals surface area contributed by atoms with Crippen LogP contribution in [0.5, 0.6) is 0 Å². The molecule has 1 atom stereocenters. The summed E-state index contributed by atoms with van der Waals surface area (Å²) in [5, 5.41) is 11.3. The molecule has 0 aliphatic rings. The molecule has 0 spiro atoms. The van der Waals surface area contributed by atoms with E-state index in [0.29, 0.717) is 12.0 Å². The smallest absolute Gasteiger partial charge is 0.303 e. The first-order chi connectivity index (χ1) is 9.38. The Balaban J connectivity index is 2.74. The van der Waals surface area contributed by atoms with Gasteiger partial charge in [-0.05, 0) is 18.4 Å². The molecule has 1 unspecified atom stereocenters. The number of benzene rings is 1. The van der Waals surface area contributed by atoms with Gasteiger partial charge in [0.25, 0.3) is 6.43 Å². The normalized spacial score (nSPS) is 12.2. The van der Waals surface area contributed by atoms with Gasteiger partial charge in [0.15, 0.2) is 0 Å². The van der Waals surface area contributed by atoms with Crippen molar-refractivity contribution in [3.8, 4) is 0 Å². The van der Waals surface area contributed by atoms with Crippen LogP contribution in [0.1, 0.15) is 37.3 Å². The Bertz CT molecular complexity index is 477. The monoisotopic (exact) mass is 285 g/mol. The van der Waals surface area contributed by atoms with Gasteiger partial charge >= 0.3 is 5.97 Å².